The van der Waals surface area contributed by atoms with Gasteiger partial charge >= 0.3 is 0 Å². The van der Waals surface area contributed by atoms with Crippen LogP contribution in [0.2, 0.25) is 0 Å². The molecule has 3 rings (SSSR count). The quantitative estimate of drug-likeness (QED) is 0.644. The Morgan fingerprint density at radius 3 is 2.67 bits per heavy atom. The Hall–Kier alpha value is -1.35. The van der Waals surface area contributed by atoms with Crippen LogP contribution >= 0.6 is 12.2 Å². The molecule has 2 bridgehead atoms. The van der Waals surface area contributed by atoms with E-state index < -0.39 is 0 Å². The van der Waals surface area contributed by atoms with Crippen LogP contribution < -0.4 is 10.6 Å². The Labute approximate surface area is 113 Å². The molecule has 0 aliphatic heterocycles. The van der Waals surface area contributed by atoms with Crippen LogP contribution in [0.5, 0.6) is 0 Å². The van der Waals surface area contributed by atoms with Gasteiger partial charge in [0.25, 0.3) is 0 Å². The Balaban J connectivity index is 1.47. The lowest BCUT2D eigenvalue weighted by Gasteiger charge is -2.21. The topological polar surface area (TPSA) is 24.1 Å². The summed E-state index contributed by atoms with van der Waals surface area (Å²) in [5.74, 6) is 1.47. The van der Waals surface area contributed by atoms with E-state index in [4.69, 9.17) is 12.2 Å². The normalized spacial score (nSPS) is 28.3. The third-order valence-corrected chi connectivity index (χ3v) is 4.15. The molecule has 1 aromatic carbocycles. The fourth-order valence-corrected chi connectivity index (χ4v) is 3.17. The average Bonchev–Trinajstić information content (AvgIpc) is 3.00. The summed E-state index contributed by atoms with van der Waals surface area (Å²) >= 11 is 5.36. The first kappa shape index (κ1) is 11.7. The molecule has 0 radical (unpaired) electrons. The molecule has 94 valence electrons. The van der Waals surface area contributed by atoms with E-state index in [2.05, 4.69) is 34.9 Å². The number of benzene rings is 1. The molecule has 3 heteroatoms. The van der Waals surface area contributed by atoms with Crippen LogP contribution in [0.15, 0.2) is 42.5 Å². The molecule has 18 heavy (non-hydrogen) atoms. The Kier molecular flexibility index (Phi) is 3.33. The summed E-state index contributed by atoms with van der Waals surface area (Å²) in [6.45, 7) is 0.795. The van der Waals surface area contributed by atoms with Crippen molar-refractivity contribution in [2.45, 2.75) is 25.4 Å². The van der Waals surface area contributed by atoms with Gasteiger partial charge in [-0.1, -0.05) is 42.5 Å². The van der Waals surface area contributed by atoms with Crippen molar-refractivity contribution in [2.24, 2.45) is 11.8 Å². The molecule has 2 aliphatic carbocycles. The van der Waals surface area contributed by atoms with Crippen molar-refractivity contribution >= 4 is 17.3 Å². The molecule has 1 saturated carbocycles. The first-order valence-electron chi connectivity index (χ1n) is 6.58. The summed E-state index contributed by atoms with van der Waals surface area (Å²) in [4.78, 5) is 0. The van der Waals surface area contributed by atoms with Gasteiger partial charge in [-0.05, 0) is 42.5 Å². The van der Waals surface area contributed by atoms with Gasteiger partial charge in [0.1, 0.15) is 0 Å². The van der Waals surface area contributed by atoms with Crippen molar-refractivity contribution in [1.82, 2.24) is 10.6 Å². The number of thiocarbonyl (C=S) groups is 1. The van der Waals surface area contributed by atoms with Crippen LogP contribution in [-0.2, 0) is 6.54 Å². The zero-order chi connectivity index (χ0) is 12.4. The Bertz CT molecular complexity index is 455. The summed E-state index contributed by atoms with van der Waals surface area (Å²) in [6.07, 6.45) is 7.22. The van der Waals surface area contributed by atoms with Gasteiger partial charge in [-0.15, -0.1) is 0 Å². The number of hydrogen-bond acceptors (Lipinski definition) is 1. The van der Waals surface area contributed by atoms with E-state index in [0.717, 1.165) is 17.6 Å². The lowest BCUT2D eigenvalue weighted by molar-refractivity contribution is 0.520. The molecule has 2 aliphatic rings. The highest BCUT2D eigenvalue weighted by Crippen LogP contribution is 2.38. The number of rotatable bonds is 3. The minimum atomic E-state index is 0.538. The predicted molar refractivity (Wildman–Crippen MR) is 78.2 cm³/mol. The van der Waals surface area contributed by atoms with Gasteiger partial charge in [0.05, 0.1) is 0 Å². The summed E-state index contributed by atoms with van der Waals surface area (Å²) in [7, 11) is 0. The second-order valence-electron chi connectivity index (χ2n) is 5.20. The standard InChI is InChI=1S/C15H18N2S/c18-15(16-10-11-4-2-1-3-5-11)17-14-9-12-6-7-13(14)8-12/h1-7,12-14H,8-10H2,(H2,16,17,18). The fraction of sp³-hybridized carbons (Fsp3) is 0.400. The van der Waals surface area contributed by atoms with Gasteiger partial charge in [-0.2, -0.15) is 0 Å². The lowest BCUT2D eigenvalue weighted by Crippen LogP contribution is -2.43. The monoisotopic (exact) mass is 258 g/mol. The van der Waals surface area contributed by atoms with Crippen molar-refractivity contribution in [3.63, 3.8) is 0 Å². The Morgan fingerprint density at radius 1 is 1.17 bits per heavy atom. The molecule has 0 aromatic heterocycles. The minimum absolute atomic E-state index is 0.538. The van der Waals surface area contributed by atoms with E-state index in [-0.39, 0.29) is 0 Å². The first-order valence-corrected chi connectivity index (χ1v) is 6.99. The van der Waals surface area contributed by atoms with Gasteiger partial charge in [-0.3, -0.25) is 0 Å². The van der Waals surface area contributed by atoms with Gasteiger partial charge in [-0.25, -0.2) is 0 Å². The van der Waals surface area contributed by atoms with E-state index >= 15 is 0 Å². The summed E-state index contributed by atoms with van der Waals surface area (Å²) in [6, 6.07) is 10.9. The highest BCUT2D eigenvalue weighted by molar-refractivity contribution is 7.80. The molecular formula is C15H18N2S. The van der Waals surface area contributed by atoms with Crippen molar-refractivity contribution in [3.05, 3.63) is 48.0 Å². The van der Waals surface area contributed by atoms with Crippen LogP contribution in [0.4, 0.5) is 0 Å². The molecule has 0 spiro atoms. The summed E-state index contributed by atoms with van der Waals surface area (Å²) in [5, 5.41) is 7.51. The molecule has 0 heterocycles. The maximum atomic E-state index is 5.36. The van der Waals surface area contributed by atoms with Gasteiger partial charge in [0.15, 0.2) is 5.11 Å². The van der Waals surface area contributed by atoms with Crippen LogP contribution in [0.25, 0.3) is 0 Å². The lowest BCUT2D eigenvalue weighted by atomic mass is 10.0. The van der Waals surface area contributed by atoms with Crippen molar-refractivity contribution in [2.75, 3.05) is 0 Å². The number of allylic oxidation sites excluding steroid dienone is 1. The zero-order valence-corrected chi connectivity index (χ0v) is 11.1. The van der Waals surface area contributed by atoms with Crippen molar-refractivity contribution in [1.29, 1.82) is 0 Å². The smallest absolute Gasteiger partial charge is 0.166 e. The molecule has 0 saturated heterocycles. The van der Waals surface area contributed by atoms with E-state index in [0.29, 0.717) is 12.0 Å². The molecule has 3 atom stereocenters. The second-order valence-corrected chi connectivity index (χ2v) is 5.61. The second kappa shape index (κ2) is 5.11. The predicted octanol–water partition coefficient (Wildman–Crippen LogP) is 2.62. The van der Waals surface area contributed by atoms with Gasteiger partial charge < -0.3 is 10.6 Å². The maximum Gasteiger partial charge on any atom is 0.166 e. The summed E-state index contributed by atoms with van der Waals surface area (Å²) < 4.78 is 0. The molecular weight excluding hydrogens is 240 g/mol. The maximum absolute atomic E-state index is 5.36. The third kappa shape index (κ3) is 2.56. The van der Waals surface area contributed by atoms with Gasteiger partial charge in [0.2, 0.25) is 0 Å². The molecule has 1 fully saturated rings. The van der Waals surface area contributed by atoms with Crippen LogP contribution in [-0.4, -0.2) is 11.2 Å². The van der Waals surface area contributed by atoms with E-state index in [9.17, 15) is 0 Å². The van der Waals surface area contributed by atoms with E-state index in [1.807, 2.05) is 18.2 Å². The van der Waals surface area contributed by atoms with E-state index in [1.165, 1.54) is 18.4 Å². The number of fused-ring (bicyclic) bond motifs is 2. The highest BCUT2D eigenvalue weighted by Gasteiger charge is 2.35. The largest absolute Gasteiger partial charge is 0.359 e. The van der Waals surface area contributed by atoms with E-state index in [1.54, 1.807) is 0 Å². The van der Waals surface area contributed by atoms with Crippen molar-refractivity contribution in [3.8, 4) is 0 Å². The fourth-order valence-electron chi connectivity index (χ4n) is 2.94. The average molecular weight is 258 g/mol. The summed E-state index contributed by atoms with van der Waals surface area (Å²) in [5.41, 5.74) is 1.26. The molecule has 3 unspecified atom stereocenters. The molecule has 1 aromatic rings. The first-order chi connectivity index (χ1) is 8.81. The van der Waals surface area contributed by atoms with Crippen LogP contribution in [0.3, 0.4) is 0 Å². The SMILES string of the molecule is S=C(NCc1ccccc1)NC1CC2C=CC1C2. The highest BCUT2D eigenvalue weighted by atomic mass is 32.1. The number of nitrogens with one attached hydrogen (secondary N) is 2. The van der Waals surface area contributed by atoms with Crippen LogP contribution in [0.1, 0.15) is 18.4 Å². The minimum Gasteiger partial charge on any atom is -0.359 e. The Morgan fingerprint density at radius 2 is 2.00 bits per heavy atom. The molecule has 2 nitrogen and oxygen atoms in total. The molecule has 0 amide bonds. The van der Waals surface area contributed by atoms with Gasteiger partial charge in [0, 0.05) is 12.6 Å². The zero-order valence-electron chi connectivity index (χ0n) is 10.3. The number of hydrogen-bond donors (Lipinski definition) is 2. The van der Waals surface area contributed by atoms with Crippen LogP contribution in [0, 0.1) is 11.8 Å². The van der Waals surface area contributed by atoms with Crippen molar-refractivity contribution < 1.29 is 0 Å². The molecule has 2 N–H and O–H groups in total. The third-order valence-electron chi connectivity index (χ3n) is 3.89.